The third-order valence-electron chi connectivity index (χ3n) is 13.7. The number of carbonyl (C=O) groups excluding carboxylic acids is 1. The van der Waals surface area contributed by atoms with Crippen LogP contribution in [0.3, 0.4) is 0 Å². The molecule has 7 atom stereocenters. The Morgan fingerprint density at radius 3 is 2.51 bits per heavy atom. The smallest absolute Gasteiger partial charge is 0.269 e. The summed E-state index contributed by atoms with van der Waals surface area (Å²) < 4.78 is 41.4. The van der Waals surface area contributed by atoms with Crippen LogP contribution >= 0.6 is 0 Å². The van der Waals surface area contributed by atoms with E-state index < -0.39 is 40.7 Å². The number of nitrogens with zero attached hydrogens (tertiary/aromatic N) is 4. The van der Waals surface area contributed by atoms with Crippen molar-refractivity contribution in [1.29, 1.82) is 0 Å². The molecule has 1 amide bonds. The summed E-state index contributed by atoms with van der Waals surface area (Å²) in [6.45, 7) is 8.33. The minimum atomic E-state index is -1.54. The van der Waals surface area contributed by atoms with Crippen LogP contribution in [0.1, 0.15) is 86.8 Å². The van der Waals surface area contributed by atoms with Gasteiger partial charge >= 0.3 is 0 Å². The molecule has 0 bridgehead atoms. The van der Waals surface area contributed by atoms with Crippen LogP contribution in [0.4, 0.5) is 10.1 Å². The van der Waals surface area contributed by atoms with Gasteiger partial charge in [-0.05, 0) is 116 Å². The van der Waals surface area contributed by atoms with Gasteiger partial charge in [0.25, 0.3) is 5.69 Å². The van der Waals surface area contributed by atoms with Crippen molar-refractivity contribution < 1.29 is 48.1 Å². The van der Waals surface area contributed by atoms with E-state index in [0.29, 0.717) is 60.8 Å². The summed E-state index contributed by atoms with van der Waals surface area (Å²) in [5.74, 6) is -1.83. The maximum Gasteiger partial charge on any atom is 0.269 e. The van der Waals surface area contributed by atoms with Crippen LogP contribution in [0.15, 0.2) is 102 Å². The highest BCUT2D eigenvalue weighted by Crippen LogP contribution is 2.62. The number of amides is 1. The van der Waals surface area contributed by atoms with Crippen LogP contribution in [0.5, 0.6) is 11.5 Å². The van der Waals surface area contributed by atoms with Gasteiger partial charge in [-0.25, -0.2) is 4.39 Å². The first-order valence-corrected chi connectivity index (χ1v) is 23.9. The second-order valence-corrected chi connectivity index (χ2v) is 18.1. The van der Waals surface area contributed by atoms with Gasteiger partial charge in [0.05, 0.1) is 29.8 Å². The van der Waals surface area contributed by atoms with Crippen molar-refractivity contribution in [1.82, 2.24) is 9.80 Å². The van der Waals surface area contributed by atoms with Crippen molar-refractivity contribution in [2.45, 2.75) is 94.8 Å². The molecule has 14 nitrogen and oxygen atoms in total. The Labute approximate surface area is 391 Å². The van der Waals surface area contributed by atoms with Crippen LogP contribution in [0, 0.1) is 33.7 Å². The monoisotopic (exact) mass is 922 g/mol. The van der Waals surface area contributed by atoms with E-state index >= 15 is 4.79 Å². The van der Waals surface area contributed by atoms with E-state index in [1.54, 1.807) is 41.3 Å². The largest absolute Gasteiger partial charge is 0.492 e. The normalized spacial score (nSPS) is 26.0. The number of allylic oxidation sites excluding steroid dienone is 1. The van der Waals surface area contributed by atoms with Gasteiger partial charge in [0.1, 0.15) is 30.0 Å². The molecule has 67 heavy (non-hydrogen) atoms. The van der Waals surface area contributed by atoms with Gasteiger partial charge in [0.2, 0.25) is 18.0 Å². The van der Waals surface area contributed by atoms with E-state index in [0.717, 1.165) is 69.3 Å². The summed E-state index contributed by atoms with van der Waals surface area (Å²) in [7, 11) is 0. The van der Waals surface area contributed by atoms with Crippen LogP contribution in [-0.4, -0.2) is 107 Å². The van der Waals surface area contributed by atoms with E-state index in [-0.39, 0.29) is 56.2 Å². The first-order valence-electron chi connectivity index (χ1n) is 23.9. The minimum Gasteiger partial charge on any atom is -0.492 e. The number of hydrogen-bond donors (Lipinski definition) is 2. The summed E-state index contributed by atoms with van der Waals surface area (Å²) in [5, 5.41) is 36.4. The molecular formula is C52H63FN4O10. The Balaban J connectivity index is 1.31. The van der Waals surface area contributed by atoms with Gasteiger partial charge < -0.3 is 38.9 Å². The first kappa shape index (κ1) is 48.0. The lowest BCUT2D eigenvalue weighted by atomic mass is 9.55. The number of oxime groups is 1. The number of aliphatic hydroxyl groups excluding tert-OH is 2. The number of unbranched alkanes of at least 4 members (excludes halogenated alkanes) is 2. The number of carbonyl (C=O) groups is 1. The number of rotatable bonds is 23. The molecule has 15 heteroatoms. The fraction of sp³-hybridized carbons (Fsp3) is 0.500. The average Bonchev–Trinajstić information content (AvgIpc) is 4.18. The number of fused-ring (bicyclic) bond motifs is 2. The molecule has 3 aromatic rings. The van der Waals surface area contributed by atoms with Crippen molar-refractivity contribution in [2.75, 3.05) is 52.7 Å². The van der Waals surface area contributed by atoms with E-state index in [2.05, 4.69) is 23.6 Å². The molecule has 0 aromatic heterocycles. The zero-order valence-electron chi connectivity index (χ0n) is 38.1. The van der Waals surface area contributed by atoms with Gasteiger partial charge in [0.15, 0.2) is 0 Å². The fourth-order valence-corrected chi connectivity index (χ4v) is 10.3. The Kier molecular flexibility index (Phi) is 16.2. The first-order chi connectivity index (χ1) is 32.7. The third kappa shape index (κ3) is 11.5. The molecule has 358 valence electrons. The van der Waals surface area contributed by atoms with Gasteiger partial charge in [0, 0.05) is 81.9 Å². The molecule has 2 N–H and O–H groups in total. The molecule has 0 radical (unpaired) electrons. The van der Waals surface area contributed by atoms with E-state index in [1.165, 1.54) is 30.3 Å². The highest BCUT2D eigenvalue weighted by molar-refractivity contribution is 6.03. The molecule has 5 aliphatic rings. The molecule has 8 rings (SSSR count). The molecule has 2 saturated heterocycles. The molecule has 0 spiro atoms. The summed E-state index contributed by atoms with van der Waals surface area (Å²) in [6, 6.07) is 17.0. The van der Waals surface area contributed by atoms with Gasteiger partial charge in [-0.1, -0.05) is 42.3 Å². The predicted molar refractivity (Wildman–Crippen MR) is 251 cm³/mol. The van der Waals surface area contributed by atoms with E-state index in [1.807, 2.05) is 12.1 Å². The molecule has 3 heterocycles. The molecular weight excluding hydrogens is 860 g/mol. The van der Waals surface area contributed by atoms with E-state index in [4.69, 9.17) is 28.9 Å². The fourth-order valence-electron chi connectivity index (χ4n) is 10.3. The number of hydrogen-bond acceptors (Lipinski definition) is 12. The molecule has 2 aliphatic carbocycles. The zero-order chi connectivity index (χ0) is 46.8. The Morgan fingerprint density at radius 1 is 1.03 bits per heavy atom. The number of aliphatic hydroxyl groups is 2. The van der Waals surface area contributed by atoms with Crippen molar-refractivity contribution in [3.8, 4) is 11.5 Å². The maximum atomic E-state index is 15.1. The third-order valence-corrected chi connectivity index (χ3v) is 13.7. The number of nitro groups is 1. The number of benzene rings is 3. The van der Waals surface area contributed by atoms with Gasteiger partial charge in [-0.2, -0.15) is 0 Å². The lowest BCUT2D eigenvalue weighted by Gasteiger charge is -2.60. The average molecular weight is 923 g/mol. The highest BCUT2D eigenvalue weighted by atomic mass is 19.1. The molecule has 1 unspecified atom stereocenters. The predicted octanol–water partition coefficient (Wildman–Crippen LogP) is 8.33. The van der Waals surface area contributed by atoms with Crippen molar-refractivity contribution in [3.05, 3.63) is 130 Å². The standard InChI is InChI=1S/C52H63FN4O10/c1-2-29-65-52-47(56(35-37-12-17-39(53)18-13-37)48(60)23-16-36-14-19-40(20-15-36)57(61)62)34-45(54-67-49-11-5-8-30-64-49)43-32-38(9-3-6-27-58)42(10-4-7-28-59)50(51(43)52)44-33-41(21-22-46(44)66-52)63-31-26-55-24-25-55/h2,12-23,32-33,38,42,47,49-51,58-59H,1,3-11,24-31,34-35H2/t38-,42+,47-,49?,50+,51+,52+/m0/s1. The molecule has 3 aromatic carbocycles. The molecule has 3 aliphatic heterocycles. The van der Waals surface area contributed by atoms with Gasteiger partial charge in [-0.3, -0.25) is 19.8 Å². The molecule has 3 fully saturated rings. The van der Waals surface area contributed by atoms with Crippen molar-refractivity contribution >= 4 is 23.4 Å². The topological polar surface area (TPSA) is 165 Å². The van der Waals surface area contributed by atoms with E-state index in [9.17, 15) is 24.7 Å². The highest BCUT2D eigenvalue weighted by Gasteiger charge is 2.65. The number of halogens is 1. The van der Waals surface area contributed by atoms with Gasteiger partial charge in [-0.15, -0.1) is 6.58 Å². The van der Waals surface area contributed by atoms with Crippen LogP contribution in [0.25, 0.3) is 6.08 Å². The zero-order valence-corrected chi connectivity index (χ0v) is 38.1. The summed E-state index contributed by atoms with van der Waals surface area (Å²) in [4.78, 5) is 36.4. The van der Waals surface area contributed by atoms with Crippen molar-refractivity contribution in [2.24, 2.45) is 22.9 Å². The lowest BCUT2D eigenvalue weighted by molar-refractivity contribution is -0.384. The summed E-state index contributed by atoms with van der Waals surface area (Å²) >= 11 is 0. The quantitative estimate of drug-likeness (QED) is 0.0235. The SMILES string of the molecule is C=CCO[C@@]12Oc3ccc(OCCN4CC4)cc3[C@H]3[C@H](CCCCO)[C@@H](CCCCO)C=C(C(=NOC4CCCCO4)C[C@@H]1N(Cc1ccc(F)cc1)C(=O)C=Cc1ccc([N+](=O)[O-])cc1)[C@H]32. The van der Waals surface area contributed by atoms with Crippen LogP contribution in [0.2, 0.25) is 0 Å². The Morgan fingerprint density at radius 2 is 1.81 bits per heavy atom. The number of non-ortho nitro benzene ring substituents is 1. The second kappa shape index (κ2) is 22.6. The minimum absolute atomic E-state index is 0.00653. The second-order valence-electron chi connectivity index (χ2n) is 18.1. The van der Waals surface area contributed by atoms with Crippen LogP contribution < -0.4 is 9.47 Å². The molecule has 1 saturated carbocycles. The maximum absolute atomic E-state index is 15.1. The lowest BCUT2D eigenvalue weighted by Crippen LogP contribution is -2.70. The van der Waals surface area contributed by atoms with Crippen molar-refractivity contribution in [3.63, 3.8) is 0 Å². The Bertz CT molecular complexity index is 2260. The Hall–Kier alpha value is -5.45. The summed E-state index contributed by atoms with van der Waals surface area (Å²) in [5.41, 5.74) is 3.64. The summed E-state index contributed by atoms with van der Waals surface area (Å²) in [6.07, 6.45) is 13.6. The number of ether oxygens (including phenoxy) is 4. The number of nitro benzene ring substituents is 1. The van der Waals surface area contributed by atoms with Crippen LogP contribution in [-0.2, 0) is 25.7 Å².